The van der Waals surface area contributed by atoms with Crippen LogP contribution in [-0.4, -0.2) is 83.2 Å². The lowest BCUT2D eigenvalue weighted by Crippen LogP contribution is -2.19. The number of hydrogen-bond donors (Lipinski definition) is 3. The molecule has 184 valence electrons. The molecule has 3 N–H and O–H groups in total. The van der Waals surface area contributed by atoms with Gasteiger partial charge >= 0.3 is 0 Å². The van der Waals surface area contributed by atoms with Gasteiger partial charge in [0, 0.05) is 30.5 Å². The monoisotopic (exact) mass is 472 g/mol. The van der Waals surface area contributed by atoms with Gasteiger partial charge < -0.3 is 34.9 Å². The number of amides is 2. The Balaban J connectivity index is 1.17. The summed E-state index contributed by atoms with van der Waals surface area (Å²) in [5.41, 5.74) is 3.95. The SMILES string of the molecule is O=CNCCOCCOCCOCCOCCNc1ccc(-c2ccc3c(c2)CC(=O)N3)cn1. The Morgan fingerprint density at radius 2 is 1.50 bits per heavy atom. The number of hydrogen-bond acceptors (Lipinski definition) is 8. The third-order valence-corrected chi connectivity index (χ3v) is 4.97. The normalized spacial score (nSPS) is 12.3. The van der Waals surface area contributed by atoms with Gasteiger partial charge in [0.15, 0.2) is 0 Å². The van der Waals surface area contributed by atoms with Crippen LogP contribution in [0, 0.1) is 0 Å². The molecule has 2 aromatic rings. The van der Waals surface area contributed by atoms with E-state index in [0.29, 0.717) is 78.8 Å². The van der Waals surface area contributed by atoms with Crippen LogP contribution in [0.4, 0.5) is 11.5 Å². The lowest BCUT2D eigenvalue weighted by Gasteiger charge is -2.09. The molecule has 0 atom stereocenters. The first kappa shape index (κ1) is 25.6. The second-order valence-electron chi connectivity index (χ2n) is 7.48. The first-order valence-electron chi connectivity index (χ1n) is 11.4. The Morgan fingerprint density at radius 1 is 0.853 bits per heavy atom. The minimum atomic E-state index is 0.0343. The van der Waals surface area contributed by atoms with Crippen molar-refractivity contribution < 1.29 is 28.5 Å². The van der Waals surface area contributed by atoms with E-state index in [9.17, 15) is 9.59 Å². The fraction of sp³-hybridized carbons (Fsp3) is 0.458. The zero-order valence-electron chi connectivity index (χ0n) is 19.2. The molecule has 0 saturated carbocycles. The molecule has 1 aromatic carbocycles. The zero-order valence-corrected chi connectivity index (χ0v) is 19.2. The lowest BCUT2D eigenvalue weighted by molar-refractivity contribution is -0.115. The van der Waals surface area contributed by atoms with Crippen molar-refractivity contribution in [3.8, 4) is 11.1 Å². The molecule has 0 spiro atoms. The number of nitrogens with one attached hydrogen (secondary N) is 3. The Morgan fingerprint density at radius 3 is 2.15 bits per heavy atom. The molecule has 3 rings (SSSR count). The van der Waals surface area contributed by atoms with Gasteiger partial charge in [0.05, 0.1) is 59.3 Å². The summed E-state index contributed by atoms with van der Waals surface area (Å²) < 4.78 is 21.6. The summed E-state index contributed by atoms with van der Waals surface area (Å²) in [7, 11) is 0. The summed E-state index contributed by atoms with van der Waals surface area (Å²) in [6.07, 6.45) is 2.89. The quantitative estimate of drug-likeness (QED) is 0.220. The Bertz CT molecular complexity index is 894. The molecule has 1 aromatic heterocycles. The Labute approximate surface area is 199 Å². The largest absolute Gasteiger partial charge is 0.377 e. The van der Waals surface area contributed by atoms with Gasteiger partial charge in [0.25, 0.3) is 0 Å². The van der Waals surface area contributed by atoms with E-state index in [0.717, 1.165) is 28.2 Å². The molecule has 2 heterocycles. The lowest BCUT2D eigenvalue weighted by atomic mass is 10.0. The number of benzene rings is 1. The third-order valence-electron chi connectivity index (χ3n) is 4.97. The molecule has 34 heavy (non-hydrogen) atoms. The molecule has 10 heteroatoms. The maximum Gasteiger partial charge on any atom is 0.228 e. The number of pyridine rings is 1. The molecule has 0 unspecified atom stereocenters. The van der Waals surface area contributed by atoms with Gasteiger partial charge in [-0.05, 0) is 35.4 Å². The number of fused-ring (bicyclic) bond motifs is 1. The van der Waals surface area contributed by atoms with Crippen LogP contribution in [-0.2, 0) is 35.0 Å². The van der Waals surface area contributed by atoms with Crippen LogP contribution in [0.2, 0.25) is 0 Å². The molecular formula is C24H32N4O6. The summed E-state index contributed by atoms with van der Waals surface area (Å²) in [6.45, 7) is 5.17. The highest BCUT2D eigenvalue weighted by molar-refractivity contribution is 5.99. The fourth-order valence-corrected chi connectivity index (χ4v) is 3.28. The molecule has 10 nitrogen and oxygen atoms in total. The van der Waals surface area contributed by atoms with Crippen LogP contribution >= 0.6 is 0 Å². The third kappa shape index (κ3) is 9.06. The van der Waals surface area contributed by atoms with Crippen LogP contribution in [0.25, 0.3) is 11.1 Å². The fourth-order valence-electron chi connectivity index (χ4n) is 3.28. The van der Waals surface area contributed by atoms with Crippen molar-refractivity contribution >= 4 is 23.8 Å². The van der Waals surface area contributed by atoms with Gasteiger partial charge in [-0.2, -0.15) is 0 Å². The molecule has 0 bridgehead atoms. The van der Waals surface area contributed by atoms with E-state index < -0.39 is 0 Å². The van der Waals surface area contributed by atoms with Crippen LogP contribution in [0.15, 0.2) is 36.5 Å². The van der Waals surface area contributed by atoms with E-state index in [4.69, 9.17) is 18.9 Å². The molecule has 0 saturated heterocycles. The van der Waals surface area contributed by atoms with Gasteiger partial charge in [-0.15, -0.1) is 0 Å². The first-order valence-corrected chi connectivity index (χ1v) is 11.4. The highest BCUT2D eigenvalue weighted by Gasteiger charge is 2.17. The second-order valence-corrected chi connectivity index (χ2v) is 7.48. The maximum atomic E-state index is 11.5. The number of aromatic nitrogens is 1. The molecule has 2 amide bonds. The van der Waals surface area contributed by atoms with Crippen molar-refractivity contribution in [2.45, 2.75) is 6.42 Å². The summed E-state index contributed by atoms with van der Waals surface area (Å²) in [5.74, 6) is 0.815. The van der Waals surface area contributed by atoms with Crippen molar-refractivity contribution in [3.63, 3.8) is 0 Å². The topological polar surface area (TPSA) is 120 Å². The Kier molecular flexibility index (Phi) is 11.3. The number of anilines is 2. The number of rotatable bonds is 18. The molecule has 1 aliphatic rings. The predicted molar refractivity (Wildman–Crippen MR) is 128 cm³/mol. The minimum absolute atomic E-state index is 0.0343. The van der Waals surface area contributed by atoms with E-state index in [1.54, 1.807) is 0 Å². The smallest absolute Gasteiger partial charge is 0.228 e. The van der Waals surface area contributed by atoms with Crippen molar-refractivity contribution in [1.82, 2.24) is 10.3 Å². The Hall–Kier alpha value is -3.05. The summed E-state index contributed by atoms with van der Waals surface area (Å²) in [4.78, 5) is 26.0. The molecule has 1 aliphatic heterocycles. The molecular weight excluding hydrogens is 440 g/mol. The standard InChI is InChI=1S/C24H32N4O6/c29-18-25-5-7-31-9-11-33-13-14-34-12-10-32-8-6-26-23-4-2-20(17-27-23)19-1-3-22-21(15-19)16-24(30)28-22/h1-4,15,17-18H,5-14,16H2,(H,25,29)(H,26,27)(H,28,30). The average Bonchev–Trinajstić information content (AvgIpc) is 3.23. The highest BCUT2D eigenvalue weighted by Crippen LogP contribution is 2.29. The van der Waals surface area contributed by atoms with Crippen molar-refractivity contribution in [3.05, 3.63) is 42.1 Å². The number of nitrogens with zero attached hydrogens (tertiary/aromatic N) is 1. The van der Waals surface area contributed by atoms with Crippen LogP contribution in [0.5, 0.6) is 0 Å². The zero-order chi connectivity index (χ0) is 23.8. The van der Waals surface area contributed by atoms with E-state index in [-0.39, 0.29) is 5.91 Å². The first-order chi connectivity index (χ1) is 16.8. The minimum Gasteiger partial charge on any atom is -0.377 e. The number of carbonyl (C=O) groups excluding carboxylic acids is 2. The highest BCUT2D eigenvalue weighted by atomic mass is 16.6. The van der Waals surface area contributed by atoms with Crippen molar-refractivity contribution in [2.24, 2.45) is 0 Å². The molecule has 0 radical (unpaired) electrons. The van der Waals surface area contributed by atoms with Crippen LogP contribution in [0.3, 0.4) is 0 Å². The van der Waals surface area contributed by atoms with E-state index in [1.165, 1.54) is 0 Å². The van der Waals surface area contributed by atoms with Gasteiger partial charge in [-0.1, -0.05) is 6.07 Å². The van der Waals surface area contributed by atoms with E-state index >= 15 is 0 Å². The summed E-state index contributed by atoms with van der Waals surface area (Å²) in [5, 5.41) is 8.60. The number of carbonyl (C=O) groups is 2. The van der Waals surface area contributed by atoms with Crippen molar-refractivity contribution in [2.75, 3.05) is 76.6 Å². The number of ether oxygens (including phenoxy) is 4. The van der Waals surface area contributed by atoms with E-state index in [2.05, 4.69) is 20.9 Å². The second kappa shape index (κ2) is 15.0. The van der Waals surface area contributed by atoms with Gasteiger partial charge in [0.2, 0.25) is 12.3 Å². The van der Waals surface area contributed by atoms with Gasteiger partial charge in [0.1, 0.15) is 5.82 Å². The average molecular weight is 473 g/mol. The van der Waals surface area contributed by atoms with Gasteiger partial charge in [-0.25, -0.2) is 4.98 Å². The maximum absolute atomic E-state index is 11.5. The van der Waals surface area contributed by atoms with Gasteiger partial charge in [-0.3, -0.25) is 9.59 Å². The molecule has 0 aliphatic carbocycles. The summed E-state index contributed by atoms with van der Waals surface area (Å²) in [6, 6.07) is 9.90. The van der Waals surface area contributed by atoms with E-state index in [1.807, 2.05) is 36.5 Å². The molecule has 0 fully saturated rings. The van der Waals surface area contributed by atoms with Crippen molar-refractivity contribution in [1.29, 1.82) is 0 Å². The van der Waals surface area contributed by atoms with Crippen LogP contribution in [0.1, 0.15) is 5.56 Å². The predicted octanol–water partition coefficient (Wildman–Crippen LogP) is 1.47. The van der Waals surface area contributed by atoms with Crippen LogP contribution < -0.4 is 16.0 Å². The summed E-state index contributed by atoms with van der Waals surface area (Å²) >= 11 is 0.